The van der Waals surface area contributed by atoms with Gasteiger partial charge in [-0.1, -0.05) is 23.7 Å². The lowest BCUT2D eigenvalue weighted by molar-refractivity contribution is -0.118. The van der Waals surface area contributed by atoms with E-state index in [2.05, 4.69) is 10.6 Å². The van der Waals surface area contributed by atoms with Gasteiger partial charge in [-0.2, -0.15) is 0 Å². The molecule has 1 saturated heterocycles. The fourth-order valence-electron chi connectivity index (χ4n) is 2.76. The molecule has 0 bridgehead atoms. The van der Waals surface area contributed by atoms with Gasteiger partial charge in [0.1, 0.15) is 5.75 Å². The van der Waals surface area contributed by atoms with Crippen LogP contribution in [0.15, 0.2) is 48.5 Å². The molecular formula is C20H21ClN2O4. The highest BCUT2D eigenvalue weighted by Crippen LogP contribution is 2.17. The molecule has 0 radical (unpaired) electrons. The molecule has 1 atom stereocenters. The van der Waals surface area contributed by atoms with E-state index in [0.717, 1.165) is 19.4 Å². The fourth-order valence-corrected chi connectivity index (χ4v) is 2.89. The number of rotatable bonds is 7. The van der Waals surface area contributed by atoms with Crippen LogP contribution in [0.5, 0.6) is 5.75 Å². The fraction of sp³-hybridized carbons (Fsp3) is 0.300. The van der Waals surface area contributed by atoms with E-state index in [1.165, 1.54) is 0 Å². The van der Waals surface area contributed by atoms with Gasteiger partial charge in [0.15, 0.2) is 6.61 Å². The minimum Gasteiger partial charge on any atom is -0.484 e. The third kappa shape index (κ3) is 5.70. The highest BCUT2D eigenvalue weighted by molar-refractivity contribution is 6.30. The highest BCUT2D eigenvalue weighted by Gasteiger charge is 2.18. The van der Waals surface area contributed by atoms with Crippen molar-refractivity contribution in [1.82, 2.24) is 5.32 Å². The van der Waals surface area contributed by atoms with Crippen LogP contribution in [0, 0.1) is 0 Å². The molecule has 2 aromatic carbocycles. The summed E-state index contributed by atoms with van der Waals surface area (Å²) in [5, 5.41) is 6.17. The summed E-state index contributed by atoms with van der Waals surface area (Å²) in [4.78, 5) is 24.6. The topological polar surface area (TPSA) is 76.7 Å². The molecule has 0 aliphatic carbocycles. The Kier molecular flexibility index (Phi) is 6.68. The zero-order valence-electron chi connectivity index (χ0n) is 14.7. The van der Waals surface area contributed by atoms with Crippen molar-refractivity contribution in [3.05, 3.63) is 59.1 Å². The Morgan fingerprint density at radius 1 is 1.15 bits per heavy atom. The van der Waals surface area contributed by atoms with Crippen LogP contribution in [0.25, 0.3) is 0 Å². The number of anilines is 1. The molecule has 0 aromatic heterocycles. The summed E-state index contributed by atoms with van der Waals surface area (Å²) in [6.07, 6.45) is 2.02. The molecule has 6 nitrogen and oxygen atoms in total. The van der Waals surface area contributed by atoms with Gasteiger partial charge < -0.3 is 20.1 Å². The molecule has 2 amide bonds. The molecule has 0 saturated carbocycles. The maximum absolute atomic E-state index is 12.5. The summed E-state index contributed by atoms with van der Waals surface area (Å²) < 4.78 is 10.9. The Bertz CT molecular complexity index is 789. The SMILES string of the molecule is O=C(COc1ccc(Cl)cc1)Nc1ccccc1C(=O)NC[C@H]1CCCO1. The van der Waals surface area contributed by atoms with Crippen LogP contribution in [0.3, 0.4) is 0 Å². The second kappa shape index (κ2) is 9.39. The van der Waals surface area contributed by atoms with Crippen molar-refractivity contribution in [2.45, 2.75) is 18.9 Å². The van der Waals surface area contributed by atoms with Gasteiger partial charge in [0.2, 0.25) is 0 Å². The van der Waals surface area contributed by atoms with Gasteiger partial charge >= 0.3 is 0 Å². The molecule has 0 spiro atoms. The predicted molar refractivity (Wildman–Crippen MR) is 103 cm³/mol. The van der Waals surface area contributed by atoms with E-state index in [1.54, 1.807) is 48.5 Å². The minimum atomic E-state index is -0.357. The first-order valence-corrected chi connectivity index (χ1v) is 9.16. The summed E-state index contributed by atoms with van der Waals surface area (Å²) in [5.41, 5.74) is 0.836. The molecule has 2 aromatic rings. The first-order valence-electron chi connectivity index (χ1n) is 8.79. The highest BCUT2D eigenvalue weighted by atomic mass is 35.5. The van der Waals surface area contributed by atoms with Crippen molar-refractivity contribution in [2.24, 2.45) is 0 Å². The van der Waals surface area contributed by atoms with Crippen LogP contribution in [-0.4, -0.2) is 37.7 Å². The molecular weight excluding hydrogens is 368 g/mol. The van der Waals surface area contributed by atoms with E-state index in [9.17, 15) is 9.59 Å². The largest absolute Gasteiger partial charge is 0.484 e. The number of amides is 2. The van der Waals surface area contributed by atoms with Crippen molar-refractivity contribution in [2.75, 3.05) is 25.1 Å². The zero-order chi connectivity index (χ0) is 19.1. The molecule has 1 heterocycles. The lowest BCUT2D eigenvalue weighted by Crippen LogP contribution is -2.32. The van der Waals surface area contributed by atoms with Crippen molar-refractivity contribution in [3.8, 4) is 5.75 Å². The van der Waals surface area contributed by atoms with Crippen LogP contribution in [0.4, 0.5) is 5.69 Å². The van der Waals surface area contributed by atoms with E-state index in [1.807, 2.05) is 0 Å². The van der Waals surface area contributed by atoms with E-state index < -0.39 is 0 Å². The smallest absolute Gasteiger partial charge is 0.262 e. The molecule has 3 rings (SSSR count). The summed E-state index contributed by atoms with van der Waals surface area (Å²) in [7, 11) is 0. The van der Waals surface area contributed by atoms with Gasteiger partial charge in [0, 0.05) is 18.2 Å². The summed E-state index contributed by atoms with van der Waals surface area (Å²) >= 11 is 5.82. The average Bonchev–Trinajstić information content (AvgIpc) is 3.20. The monoisotopic (exact) mass is 388 g/mol. The Morgan fingerprint density at radius 2 is 1.93 bits per heavy atom. The maximum Gasteiger partial charge on any atom is 0.262 e. The number of hydrogen-bond acceptors (Lipinski definition) is 4. The minimum absolute atomic E-state index is 0.0588. The van der Waals surface area contributed by atoms with Gasteiger partial charge in [0.25, 0.3) is 11.8 Å². The predicted octanol–water partition coefficient (Wildman–Crippen LogP) is 3.27. The van der Waals surface area contributed by atoms with Crippen molar-refractivity contribution in [1.29, 1.82) is 0 Å². The number of benzene rings is 2. The molecule has 1 aliphatic heterocycles. The molecule has 27 heavy (non-hydrogen) atoms. The number of para-hydroxylation sites is 1. The van der Waals surface area contributed by atoms with Crippen LogP contribution >= 0.6 is 11.6 Å². The molecule has 0 unspecified atom stereocenters. The van der Waals surface area contributed by atoms with E-state index >= 15 is 0 Å². The number of carbonyl (C=O) groups excluding carboxylic acids is 2. The first-order chi connectivity index (χ1) is 13.1. The molecule has 7 heteroatoms. The summed E-state index contributed by atoms with van der Waals surface area (Å²) in [6.45, 7) is 1.02. The number of carbonyl (C=O) groups is 2. The Labute approximate surface area is 162 Å². The van der Waals surface area contributed by atoms with Crippen LogP contribution < -0.4 is 15.4 Å². The van der Waals surface area contributed by atoms with Crippen LogP contribution in [0.2, 0.25) is 5.02 Å². The van der Waals surface area contributed by atoms with Crippen molar-refractivity contribution in [3.63, 3.8) is 0 Å². The third-order valence-electron chi connectivity index (χ3n) is 4.14. The van der Waals surface area contributed by atoms with Gasteiger partial charge in [-0.05, 0) is 49.2 Å². The van der Waals surface area contributed by atoms with Crippen molar-refractivity contribution < 1.29 is 19.1 Å². The van der Waals surface area contributed by atoms with E-state index in [-0.39, 0.29) is 24.5 Å². The number of hydrogen-bond donors (Lipinski definition) is 2. The van der Waals surface area contributed by atoms with Crippen molar-refractivity contribution >= 4 is 29.1 Å². The van der Waals surface area contributed by atoms with E-state index in [4.69, 9.17) is 21.1 Å². The lowest BCUT2D eigenvalue weighted by atomic mass is 10.1. The number of halogens is 1. The normalized spacial score (nSPS) is 16.0. The summed E-state index contributed by atoms with van der Waals surface area (Å²) in [5.74, 6) is -0.0681. The Morgan fingerprint density at radius 3 is 2.67 bits per heavy atom. The molecule has 1 fully saturated rings. The Hall–Kier alpha value is -2.57. The lowest BCUT2D eigenvalue weighted by Gasteiger charge is -2.14. The quantitative estimate of drug-likeness (QED) is 0.763. The molecule has 2 N–H and O–H groups in total. The van der Waals surface area contributed by atoms with E-state index in [0.29, 0.717) is 28.6 Å². The first kappa shape index (κ1) is 19.2. The number of nitrogens with one attached hydrogen (secondary N) is 2. The third-order valence-corrected chi connectivity index (χ3v) is 4.40. The van der Waals surface area contributed by atoms with Gasteiger partial charge in [-0.3, -0.25) is 9.59 Å². The maximum atomic E-state index is 12.5. The molecule has 142 valence electrons. The van der Waals surface area contributed by atoms with Crippen LogP contribution in [0.1, 0.15) is 23.2 Å². The summed E-state index contributed by atoms with van der Waals surface area (Å²) in [6, 6.07) is 13.6. The van der Waals surface area contributed by atoms with Crippen LogP contribution in [-0.2, 0) is 9.53 Å². The second-order valence-electron chi connectivity index (χ2n) is 6.18. The standard InChI is InChI=1S/C20H21ClN2O4/c21-14-7-9-15(10-8-14)27-13-19(24)23-18-6-2-1-5-17(18)20(25)22-12-16-4-3-11-26-16/h1-2,5-10,16H,3-4,11-13H2,(H,22,25)(H,23,24)/t16-/m1/s1. The Balaban J connectivity index is 1.55. The number of ether oxygens (including phenoxy) is 2. The van der Waals surface area contributed by atoms with Gasteiger partial charge in [0.05, 0.1) is 17.4 Å². The average molecular weight is 389 g/mol. The van der Waals surface area contributed by atoms with Gasteiger partial charge in [-0.15, -0.1) is 0 Å². The molecule has 1 aliphatic rings. The zero-order valence-corrected chi connectivity index (χ0v) is 15.5. The van der Waals surface area contributed by atoms with Gasteiger partial charge in [-0.25, -0.2) is 0 Å². The second-order valence-corrected chi connectivity index (χ2v) is 6.62.